The third kappa shape index (κ3) is 12.2. The van der Waals surface area contributed by atoms with Gasteiger partial charge in [-0.1, -0.05) is 45.1 Å². The summed E-state index contributed by atoms with van der Waals surface area (Å²) in [5, 5.41) is 13.0. The lowest BCUT2D eigenvalue weighted by molar-refractivity contribution is -0.106. The van der Waals surface area contributed by atoms with Gasteiger partial charge in [0.05, 0.1) is 0 Å². The Morgan fingerprint density at radius 2 is 1.68 bits per heavy atom. The van der Waals surface area contributed by atoms with Gasteiger partial charge in [-0.05, 0) is 45.6 Å². The SMILES string of the molecule is C/C=C/CN(C)CCN(C)CCn1c(CC)nc(C(=O)NCc2ccc(F)cc2)c(O)c1=O.CC.CC=O. The number of amides is 1. The summed E-state index contributed by atoms with van der Waals surface area (Å²) in [7, 11) is 4.03. The van der Waals surface area contributed by atoms with Crippen LogP contribution in [-0.4, -0.2) is 76.9 Å². The molecule has 2 aromatic rings. The van der Waals surface area contributed by atoms with E-state index in [1.165, 1.54) is 23.6 Å². The van der Waals surface area contributed by atoms with Gasteiger partial charge in [0.2, 0.25) is 5.75 Å². The van der Waals surface area contributed by atoms with Crippen LogP contribution < -0.4 is 10.9 Å². The van der Waals surface area contributed by atoms with Crippen LogP contribution in [0.5, 0.6) is 5.75 Å². The first kappa shape index (κ1) is 34.6. The minimum absolute atomic E-state index is 0.123. The number of nitrogens with one attached hydrogen (secondary N) is 1. The number of carbonyl (C=O) groups is 2. The zero-order valence-corrected chi connectivity index (χ0v) is 23.8. The molecule has 0 spiro atoms. The zero-order valence-electron chi connectivity index (χ0n) is 23.8. The van der Waals surface area contributed by atoms with E-state index in [2.05, 4.69) is 33.2 Å². The molecule has 1 aromatic carbocycles. The third-order valence-electron chi connectivity index (χ3n) is 5.34. The number of benzene rings is 1. The van der Waals surface area contributed by atoms with Crippen LogP contribution in [0.1, 0.15) is 56.5 Å². The summed E-state index contributed by atoms with van der Waals surface area (Å²) in [5.41, 5.74) is -0.241. The monoisotopic (exact) mass is 533 g/mol. The van der Waals surface area contributed by atoms with Crippen LogP contribution in [0.2, 0.25) is 0 Å². The molecule has 1 heterocycles. The van der Waals surface area contributed by atoms with Crippen LogP contribution in [-0.2, 0) is 24.3 Å². The first-order valence-electron chi connectivity index (χ1n) is 12.9. The highest BCUT2D eigenvalue weighted by Crippen LogP contribution is 2.11. The molecular weight excluding hydrogens is 489 g/mol. The van der Waals surface area contributed by atoms with Gasteiger partial charge >= 0.3 is 0 Å². The number of hydrogen-bond donors (Lipinski definition) is 2. The molecule has 1 amide bonds. The Hall–Kier alpha value is -3.37. The summed E-state index contributed by atoms with van der Waals surface area (Å²) in [6.45, 7) is 12.9. The molecule has 0 fully saturated rings. The van der Waals surface area contributed by atoms with Gasteiger partial charge in [0.25, 0.3) is 11.5 Å². The molecular formula is C28H44FN5O4. The van der Waals surface area contributed by atoms with Gasteiger partial charge in [-0.25, -0.2) is 9.37 Å². The van der Waals surface area contributed by atoms with Crippen LogP contribution >= 0.6 is 0 Å². The van der Waals surface area contributed by atoms with Crippen LogP contribution in [0, 0.1) is 5.82 Å². The molecule has 9 nitrogen and oxygen atoms in total. The van der Waals surface area contributed by atoms with Crippen molar-refractivity contribution < 1.29 is 19.1 Å². The molecule has 0 radical (unpaired) electrons. The van der Waals surface area contributed by atoms with Gasteiger partial charge < -0.3 is 25.0 Å². The van der Waals surface area contributed by atoms with Crippen LogP contribution in [0.4, 0.5) is 4.39 Å². The van der Waals surface area contributed by atoms with Crippen molar-refractivity contribution in [3.63, 3.8) is 0 Å². The smallest absolute Gasteiger partial charge is 0.296 e. The van der Waals surface area contributed by atoms with Gasteiger partial charge in [0.1, 0.15) is 17.9 Å². The molecule has 0 bridgehead atoms. The first-order valence-corrected chi connectivity index (χ1v) is 12.9. The van der Waals surface area contributed by atoms with Crippen molar-refractivity contribution in [1.29, 1.82) is 0 Å². The minimum Gasteiger partial charge on any atom is -0.501 e. The predicted octanol–water partition coefficient (Wildman–Crippen LogP) is 3.25. The van der Waals surface area contributed by atoms with Gasteiger partial charge in [-0.3, -0.25) is 14.2 Å². The van der Waals surface area contributed by atoms with Gasteiger partial charge in [-0.2, -0.15) is 0 Å². The second-order valence-corrected chi connectivity index (χ2v) is 8.21. The Kier molecular flexibility index (Phi) is 18.0. The van der Waals surface area contributed by atoms with Gasteiger partial charge in [-0.15, -0.1) is 0 Å². The number of aryl methyl sites for hydroxylation is 1. The highest BCUT2D eigenvalue weighted by atomic mass is 19.1. The molecule has 2 N–H and O–H groups in total. The minimum atomic E-state index is -0.669. The predicted molar refractivity (Wildman–Crippen MR) is 150 cm³/mol. The molecule has 212 valence electrons. The number of aldehydes is 1. The largest absolute Gasteiger partial charge is 0.501 e. The van der Waals surface area contributed by atoms with E-state index in [4.69, 9.17) is 4.79 Å². The molecule has 10 heteroatoms. The number of rotatable bonds is 12. The second-order valence-electron chi connectivity index (χ2n) is 8.21. The maximum Gasteiger partial charge on any atom is 0.296 e. The van der Waals surface area contributed by atoms with Crippen molar-refractivity contribution in [2.24, 2.45) is 0 Å². The molecule has 1 aromatic heterocycles. The summed E-state index contributed by atoms with van der Waals surface area (Å²) in [6.07, 6.45) is 5.30. The quantitative estimate of drug-likeness (QED) is 0.319. The summed E-state index contributed by atoms with van der Waals surface area (Å²) in [5.74, 6) is -1.26. The highest BCUT2D eigenvalue weighted by molar-refractivity contribution is 5.94. The molecule has 0 saturated heterocycles. The zero-order chi connectivity index (χ0) is 29.1. The lowest BCUT2D eigenvalue weighted by atomic mass is 10.2. The number of aromatic hydroxyl groups is 1. The molecule has 0 unspecified atom stereocenters. The van der Waals surface area contributed by atoms with Gasteiger partial charge in [0, 0.05) is 45.7 Å². The van der Waals surface area contributed by atoms with E-state index in [1.807, 2.05) is 40.8 Å². The Morgan fingerprint density at radius 3 is 2.24 bits per heavy atom. The Bertz CT molecular complexity index is 1050. The summed E-state index contributed by atoms with van der Waals surface area (Å²) >= 11 is 0. The van der Waals surface area contributed by atoms with E-state index in [0.717, 1.165) is 25.9 Å². The van der Waals surface area contributed by atoms with E-state index in [0.29, 0.717) is 30.9 Å². The normalized spacial score (nSPS) is 10.6. The number of nitrogens with zero attached hydrogens (tertiary/aromatic N) is 4. The van der Waals surface area contributed by atoms with Crippen molar-refractivity contribution in [3.05, 3.63) is 69.7 Å². The summed E-state index contributed by atoms with van der Waals surface area (Å²) in [4.78, 5) is 42.7. The maximum absolute atomic E-state index is 13.0. The number of allylic oxidation sites excluding steroid dienone is 1. The lowest BCUT2D eigenvalue weighted by Crippen LogP contribution is -2.36. The van der Waals surface area contributed by atoms with Crippen LogP contribution in [0.15, 0.2) is 41.2 Å². The Balaban J connectivity index is 0.00000255. The van der Waals surface area contributed by atoms with Crippen LogP contribution in [0.25, 0.3) is 0 Å². The average Bonchev–Trinajstić information content (AvgIpc) is 2.92. The standard InChI is InChI=1S/C24H34FN5O3.C2H4O.C2H6/c1-5-7-12-28(3)13-14-29(4)15-16-30-20(6-2)27-21(22(31)24(30)33)23(32)26-17-18-8-10-19(25)11-9-18;1-2-3;1-2/h5,7-11,31H,6,12-17H2,1-4H3,(H,26,32);2H,1H3;1-2H3/b7-5+;;. The number of aromatic nitrogens is 2. The van der Waals surface area contributed by atoms with Crippen molar-refractivity contribution in [2.75, 3.05) is 40.3 Å². The van der Waals surface area contributed by atoms with E-state index < -0.39 is 17.2 Å². The van der Waals surface area contributed by atoms with E-state index in [1.54, 1.807) is 12.1 Å². The number of halogens is 1. The Labute approximate surface area is 226 Å². The molecule has 0 aliphatic heterocycles. The van der Waals surface area contributed by atoms with E-state index >= 15 is 0 Å². The van der Waals surface area contributed by atoms with Crippen molar-refractivity contribution in [2.45, 2.75) is 54.1 Å². The van der Waals surface area contributed by atoms with Crippen molar-refractivity contribution in [3.8, 4) is 5.75 Å². The molecule has 38 heavy (non-hydrogen) atoms. The highest BCUT2D eigenvalue weighted by Gasteiger charge is 2.21. The lowest BCUT2D eigenvalue weighted by Gasteiger charge is -2.22. The fourth-order valence-electron chi connectivity index (χ4n) is 3.22. The van der Waals surface area contributed by atoms with Crippen LogP contribution in [0.3, 0.4) is 0 Å². The van der Waals surface area contributed by atoms with E-state index in [9.17, 15) is 19.1 Å². The number of carbonyl (C=O) groups excluding carboxylic acids is 2. The maximum atomic E-state index is 13.0. The van der Waals surface area contributed by atoms with E-state index in [-0.39, 0.29) is 18.1 Å². The summed E-state index contributed by atoms with van der Waals surface area (Å²) in [6, 6.07) is 5.69. The molecule has 2 rings (SSSR count). The second kappa shape index (κ2) is 19.7. The van der Waals surface area contributed by atoms with Crippen molar-refractivity contribution in [1.82, 2.24) is 24.7 Å². The van der Waals surface area contributed by atoms with Gasteiger partial charge in [0.15, 0.2) is 5.69 Å². The topological polar surface area (TPSA) is 108 Å². The number of hydrogen-bond acceptors (Lipinski definition) is 7. The molecule has 0 aliphatic carbocycles. The third-order valence-corrected chi connectivity index (χ3v) is 5.34. The fourth-order valence-corrected chi connectivity index (χ4v) is 3.22. The molecule has 0 saturated carbocycles. The summed E-state index contributed by atoms with van der Waals surface area (Å²) < 4.78 is 14.5. The molecule has 0 atom stereocenters. The Morgan fingerprint density at radius 1 is 1.11 bits per heavy atom. The fraction of sp³-hybridized carbons (Fsp3) is 0.500. The molecule has 0 aliphatic rings. The first-order chi connectivity index (χ1) is 18.2. The number of likely N-dealkylation sites (N-methyl/N-ethyl adjacent to an activating group) is 2. The van der Waals surface area contributed by atoms with Crippen molar-refractivity contribution >= 4 is 12.2 Å². The average molecular weight is 534 g/mol.